The molecule has 0 aliphatic carbocycles. The lowest BCUT2D eigenvalue weighted by molar-refractivity contribution is -0.121. The third-order valence-electron chi connectivity index (χ3n) is 4.33. The van der Waals surface area contributed by atoms with E-state index in [0.29, 0.717) is 13.2 Å². The molecule has 4 nitrogen and oxygen atoms in total. The number of rotatable bonds is 7. The van der Waals surface area contributed by atoms with Crippen molar-refractivity contribution in [1.82, 2.24) is 10.6 Å². The number of methoxy groups -OCH3 is 1. The summed E-state index contributed by atoms with van der Waals surface area (Å²) in [4.78, 5) is 12.6. The third kappa shape index (κ3) is 4.48. The molecule has 1 aromatic carbocycles. The second kappa shape index (κ2) is 8.56. The molecule has 22 heavy (non-hydrogen) atoms. The van der Waals surface area contributed by atoms with Gasteiger partial charge in [0.15, 0.2) is 0 Å². The molecular formula is C17H26N2O2S. The van der Waals surface area contributed by atoms with E-state index in [1.807, 2.05) is 36.6 Å². The summed E-state index contributed by atoms with van der Waals surface area (Å²) in [6, 6.07) is 9.95. The predicted molar refractivity (Wildman–Crippen MR) is 92.1 cm³/mol. The molecule has 1 atom stereocenters. The number of thioether (sulfide) groups is 1. The van der Waals surface area contributed by atoms with Crippen LogP contribution in [0.5, 0.6) is 0 Å². The Bertz CT molecular complexity index is 455. The first-order valence-corrected chi connectivity index (χ1v) is 9.05. The Morgan fingerprint density at radius 3 is 2.64 bits per heavy atom. The van der Waals surface area contributed by atoms with Crippen molar-refractivity contribution in [2.45, 2.75) is 18.1 Å². The molecule has 1 aromatic rings. The van der Waals surface area contributed by atoms with E-state index in [1.54, 1.807) is 18.9 Å². The Morgan fingerprint density at radius 1 is 1.36 bits per heavy atom. The molecule has 122 valence electrons. The van der Waals surface area contributed by atoms with E-state index in [1.165, 1.54) is 0 Å². The van der Waals surface area contributed by atoms with Crippen LogP contribution in [0, 0.1) is 5.41 Å². The second-order valence-electron chi connectivity index (χ2n) is 5.93. The van der Waals surface area contributed by atoms with E-state index in [-0.39, 0.29) is 16.6 Å². The van der Waals surface area contributed by atoms with Gasteiger partial charge < -0.3 is 15.4 Å². The molecule has 1 amide bonds. The van der Waals surface area contributed by atoms with Crippen molar-refractivity contribution < 1.29 is 9.53 Å². The SMILES string of the molecule is COCC1(CNC(=O)C(SC)c2ccccc2)CCNCC1. The monoisotopic (exact) mass is 322 g/mol. The Labute approximate surface area is 137 Å². The molecule has 0 aromatic heterocycles. The van der Waals surface area contributed by atoms with Crippen LogP contribution in [0.15, 0.2) is 30.3 Å². The molecule has 1 unspecified atom stereocenters. The van der Waals surface area contributed by atoms with E-state index in [9.17, 15) is 4.79 Å². The van der Waals surface area contributed by atoms with Crippen LogP contribution in [0.1, 0.15) is 23.7 Å². The number of nitrogens with one attached hydrogen (secondary N) is 2. The Kier molecular flexibility index (Phi) is 6.73. The summed E-state index contributed by atoms with van der Waals surface area (Å²) in [5.41, 5.74) is 1.12. The van der Waals surface area contributed by atoms with Gasteiger partial charge in [0, 0.05) is 19.1 Å². The fraction of sp³-hybridized carbons (Fsp3) is 0.588. The molecule has 2 N–H and O–H groups in total. The Morgan fingerprint density at radius 2 is 2.05 bits per heavy atom. The number of carbonyl (C=O) groups excluding carboxylic acids is 1. The van der Waals surface area contributed by atoms with Crippen molar-refractivity contribution in [3.63, 3.8) is 0 Å². The van der Waals surface area contributed by atoms with Crippen LogP contribution in [-0.2, 0) is 9.53 Å². The molecule has 5 heteroatoms. The lowest BCUT2D eigenvalue weighted by Crippen LogP contribution is -2.47. The quantitative estimate of drug-likeness (QED) is 0.808. The van der Waals surface area contributed by atoms with Crippen molar-refractivity contribution in [1.29, 1.82) is 0 Å². The zero-order valence-electron chi connectivity index (χ0n) is 13.4. The molecule has 1 saturated heterocycles. The van der Waals surface area contributed by atoms with Gasteiger partial charge in [-0.3, -0.25) is 4.79 Å². The summed E-state index contributed by atoms with van der Waals surface area (Å²) in [6.45, 7) is 3.36. The minimum Gasteiger partial charge on any atom is -0.384 e. The number of benzene rings is 1. The van der Waals surface area contributed by atoms with E-state index in [4.69, 9.17) is 4.74 Å². The van der Waals surface area contributed by atoms with E-state index >= 15 is 0 Å². The van der Waals surface area contributed by atoms with Gasteiger partial charge in [-0.1, -0.05) is 30.3 Å². The predicted octanol–water partition coefficient (Wildman–Crippen LogP) is 2.22. The number of amides is 1. The zero-order valence-corrected chi connectivity index (χ0v) is 14.2. The second-order valence-corrected chi connectivity index (χ2v) is 6.87. The summed E-state index contributed by atoms with van der Waals surface area (Å²) >= 11 is 1.57. The molecule has 1 aliphatic rings. The van der Waals surface area contributed by atoms with Crippen LogP contribution in [-0.4, -0.2) is 45.5 Å². The molecule has 1 heterocycles. The summed E-state index contributed by atoms with van der Waals surface area (Å²) in [5, 5.41) is 6.38. The van der Waals surface area contributed by atoms with Crippen LogP contribution in [0.25, 0.3) is 0 Å². The van der Waals surface area contributed by atoms with Crippen molar-refractivity contribution in [2.75, 3.05) is 39.6 Å². The first kappa shape index (κ1) is 17.3. The minimum absolute atomic E-state index is 0.0648. The van der Waals surface area contributed by atoms with Crippen molar-refractivity contribution in [3.8, 4) is 0 Å². The molecule has 1 fully saturated rings. The van der Waals surface area contributed by atoms with Gasteiger partial charge >= 0.3 is 0 Å². The van der Waals surface area contributed by atoms with Gasteiger partial charge in [0.1, 0.15) is 5.25 Å². The van der Waals surface area contributed by atoms with E-state index in [0.717, 1.165) is 31.5 Å². The normalized spacial score (nSPS) is 18.6. The van der Waals surface area contributed by atoms with Crippen molar-refractivity contribution >= 4 is 17.7 Å². The summed E-state index contributed by atoms with van der Waals surface area (Å²) in [7, 11) is 1.74. The van der Waals surface area contributed by atoms with Gasteiger partial charge in [0.25, 0.3) is 0 Å². The largest absolute Gasteiger partial charge is 0.384 e. The molecule has 0 saturated carbocycles. The topological polar surface area (TPSA) is 50.4 Å². The van der Waals surface area contributed by atoms with Crippen molar-refractivity contribution in [3.05, 3.63) is 35.9 Å². The van der Waals surface area contributed by atoms with Gasteiger partial charge in [-0.15, -0.1) is 11.8 Å². The minimum atomic E-state index is -0.150. The fourth-order valence-electron chi connectivity index (χ4n) is 3.03. The Balaban J connectivity index is 1.97. The standard InChI is InChI=1S/C17H26N2O2S/c1-21-13-17(8-10-18-11-9-17)12-19-16(20)15(22-2)14-6-4-3-5-7-14/h3-7,15,18H,8-13H2,1-2H3,(H,19,20). The zero-order chi connectivity index (χ0) is 15.8. The molecule has 0 bridgehead atoms. The van der Waals surface area contributed by atoms with E-state index in [2.05, 4.69) is 10.6 Å². The van der Waals surface area contributed by atoms with Gasteiger partial charge in [-0.05, 0) is 37.8 Å². The number of piperidine rings is 1. The highest BCUT2D eigenvalue weighted by Crippen LogP contribution is 2.30. The number of hydrogen-bond donors (Lipinski definition) is 2. The van der Waals surface area contributed by atoms with Crippen LogP contribution >= 0.6 is 11.8 Å². The maximum absolute atomic E-state index is 12.6. The van der Waals surface area contributed by atoms with Crippen LogP contribution in [0.3, 0.4) is 0 Å². The van der Waals surface area contributed by atoms with Gasteiger partial charge in [0.05, 0.1) is 6.61 Å². The molecule has 1 aliphatic heterocycles. The van der Waals surface area contributed by atoms with Gasteiger partial charge in [-0.2, -0.15) is 0 Å². The van der Waals surface area contributed by atoms with Crippen LogP contribution < -0.4 is 10.6 Å². The Hall–Kier alpha value is -1.04. The highest BCUT2D eigenvalue weighted by atomic mass is 32.2. The average Bonchev–Trinajstić information content (AvgIpc) is 2.56. The molecule has 0 radical (unpaired) electrons. The highest BCUT2D eigenvalue weighted by Gasteiger charge is 2.33. The number of carbonyl (C=O) groups is 1. The lowest BCUT2D eigenvalue weighted by Gasteiger charge is -2.37. The molecule has 0 spiro atoms. The highest BCUT2D eigenvalue weighted by molar-refractivity contribution is 7.99. The fourth-order valence-corrected chi connectivity index (χ4v) is 3.75. The maximum atomic E-state index is 12.6. The number of hydrogen-bond acceptors (Lipinski definition) is 4. The summed E-state index contributed by atoms with van der Waals surface area (Å²) in [6.07, 6.45) is 4.06. The number of ether oxygens (including phenoxy) is 1. The van der Waals surface area contributed by atoms with E-state index < -0.39 is 0 Å². The van der Waals surface area contributed by atoms with Gasteiger partial charge in [-0.25, -0.2) is 0 Å². The first-order chi connectivity index (χ1) is 10.7. The third-order valence-corrected chi connectivity index (χ3v) is 5.29. The van der Waals surface area contributed by atoms with Crippen LogP contribution in [0.2, 0.25) is 0 Å². The van der Waals surface area contributed by atoms with Gasteiger partial charge in [0.2, 0.25) is 5.91 Å². The first-order valence-electron chi connectivity index (χ1n) is 7.76. The molecular weight excluding hydrogens is 296 g/mol. The summed E-state index contributed by atoms with van der Waals surface area (Å²) in [5.74, 6) is 0.0905. The van der Waals surface area contributed by atoms with Crippen molar-refractivity contribution in [2.24, 2.45) is 5.41 Å². The van der Waals surface area contributed by atoms with Crippen LogP contribution in [0.4, 0.5) is 0 Å². The lowest BCUT2D eigenvalue weighted by atomic mass is 9.79. The maximum Gasteiger partial charge on any atom is 0.237 e. The smallest absolute Gasteiger partial charge is 0.237 e. The summed E-state index contributed by atoms with van der Waals surface area (Å²) < 4.78 is 5.40. The average molecular weight is 322 g/mol. The molecule has 2 rings (SSSR count).